The fourth-order valence-electron chi connectivity index (χ4n) is 2.33. The lowest BCUT2D eigenvalue weighted by Gasteiger charge is -2.31. The lowest BCUT2D eigenvalue weighted by atomic mass is 9.80. The maximum Gasteiger partial charge on any atom is 0.0638 e. The lowest BCUT2D eigenvalue weighted by Crippen LogP contribution is -2.32. The minimum atomic E-state index is 0.104. The van der Waals surface area contributed by atoms with Gasteiger partial charge in [-0.1, -0.05) is 5.11 Å². The van der Waals surface area contributed by atoms with Gasteiger partial charge in [0.2, 0.25) is 0 Å². The first-order valence-electron chi connectivity index (χ1n) is 5.05. The van der Waals surface area contributed by atoms with Crippen molar-refractivity contribution in [2.45, 2.75) is 25.4 Å². The Kier molecular flexibility index (Phi) is 2.91. The van der Waals surface area contributed by atoms with Crippen LogP contribution in [-0.4, -0.2) is 32.5 Å². The van der Waals surface area contributed by atoms with Gasteiger partial charge in [0.25, 0.3) is 0 Å². The summed E-state index contributed by atoms with van der Waals surface area (Å²) in [6, 6.07) is 0. The van der Waals surface area contributed by atoms with Gasteiger partial charge in [-0.25, -0.2) is 0 Å². The summed E-state index contributed by atoms with van der Waals surface area (Å²) in [5, 5.41) is 3.55. The largest absolute Gasteiger partial charge is 0.381 e. The van der Waals surface area contributed by atoms with E-state index in [1.807, 2.05) is 0 Å². The Balaban J connectivity index is 1.88. The van der Waals surface area contributed by atoms with Crippen LogP contribution in [0, 0.1) is 5.41 Å². The number of rotatable bonds is 2. The number of hydrogen-bond acceptors (Lipinski definition) is 3. The molecule has 2 aliphatic heterocycles. The fraction of sp³-hybridized carbons (Fsp3) is 1.00. The summed E-state index contributed by atoms with van der Waals surface area (Å²) >= 11 is 0. The molecule has 78 valence electrons. The van der Waals surface area contributed by atoms with Crippen molar-refractivity contribution >= 4 is 0 Å². The highest BCUT2D eigenvalue weighted by Crippen LogP contribution is 2.39. The summed E-state index contributed by atoms with van der Waals surface area (Å²) in [7, 11) is 0. The van der Waals surface area contributed by atoms with Gasteiger partial charge in [-0.15, -0.1) is 0 Å². The quantitative estimate of drug-likeness (QED) is 0.385. The van der Waals surface area contributed by atoms with Gasteiger partial charge in [0.1, 0.15) is 0 Å². The fourth-order valence-corrected chi connectivity index (χ4v) is 2.33. The van der Waals surface area contributed by atoms with E-state index in [2.05, 4.69) is 10.0 Å². The molecular weight excluding hydrogens is 182 g/mol. The second kappa shape index (κ2) is 4.17. The standard InChI is InChI=1S/C9H15N3O2/c10-12-11-5-8-4-9(7-14-8)2-1-3-13-6-9/h8H,1-7H2/t8-,9+/m1/s1. The van der Waals surface area contributed by atoms with E-state index in [4.69, 9.17) is 15.0 Å². The molecule has 2 heterocycles. The second-order valence-electron chi connectivity index (χ2n) is 4.21. The highest BCUT2D eigenvalue weighted by atomic mass is 16.5. The Morgan fingerprint density at radius 3 is 3.14 bits per heavy atom. The molecule has 0 aromatic rings. The molecule has 2 aliphatic rings. The van der Waals surface area contributed by atoms with Crippen LogP contribution in [0.4, 0.5) is 0 Å². The van der Waals surface area contributed by atoms with Gasteiger partial charge in [-0.2, -0.15) is 0 Å². The minimum absolute atomic E-state index is 0.104. The van der Waals surface area contributed by atoms with Gasteiger partial charge in [0, 0.05) is 16.9 Å². The Morgan fingerprint density at radius 2 is 2.43 bits per heavy atom. The van der Waals surface area contributed by atoms with Crippen LogP contribution in [0.3, 0.4) is 0 Å². The molecule has 1 spiro atoms. The van der Waals surface area contributed by atoms with Gasteiger partial charge in [-0.3, -0.25) is 0 Å². The molecule has 2 atom stereocenters. The maximum absolute atomic E-state index is 8.21. The zero-order chi connectivity index (χ0) is 9.86. The van der Waals surface area contributed by atoms with Gasteiger partial charge in [0.15, 0.2) is 0 Å². The van der Waals surface area contributed by atoms with Crippen molar-refractivity contribution in [3.8, 4) is 0 Å². The first-order chi connectivity index (χ1) is 6.85. The molecule has 0 aliphatic carbocycles. The summed E-state index contributed by atoms with van der Waals surface area (Å²) in [5.41, 5.74) is 8.42. The van der Waals surface area contributed by atoms with Crippen molar-refractivity contribution in [1.29, 1.82) is 0 Å². The van der Waals surface area contributed by atoms with Crippen LogP contribution in [0.15, 0.2) is 5.11 Å². The average molecular weight is 197 g/mol. The van der Waals surface area contributed by atoms with Crippen molar-refractivity contribution in [2.75, 3.05) is 26.4 Å². The monoisotopic (exact) mass is 197 g/mol. The molecule has 0 amide bonds. The van der Waals surface area contributed by atoms with E-state index >= 15 is 0 Å². The van der Waals surface area contributed by atoms with Crippen molar-refractivity contribution < 1.29 is 9.47 Å². The molecule has 2 saturated heterocycles. The summed E-state index contributed by atoms with van der Waals surface area (Å²) in [6.45, 7) is 2.90. The van der Waals surface area contributed by atoms with E-state index in [1.165, 1.54) is 6.42 Å². The molecule has 5 heteroatoms. The predicted octanol–water partition coefficient (Wildman–Crippen LogP) is 1.88. The highest BCUT2D eigenvalue weighted by molar-refractivity contribution is 4.90. The molecule has 5 nitrogen and oxygen atoms in total. The number of azide groups is 1. The van der Waals surface area contributed by atoms with Crippen LogP contribution >= 0.6 is 0 Å². The maximum atomic E-state index is 8.21. The first-order valence-corrected chi connectivity index (χ1v) is 5.05. The van der Waals surface area contributed by atoms with Crippen molar-refractivity contribution in [3.63, 3.8) is 0 Å². The van der Waals surface area contributed by atoms with Crippen molar-refractivity contribution in [2.24, 2.45) is 10.5 Å². The average Bonchev–Trinajstić information content (AvgIpc) is 2.60. The van der Waals surface area contributed by atoms with Crippen LogP contribution in [0.1, 0.15) is 19.3 Å². The molecular formula is C9H15N3O2. The van der Waals surface area contributed by atoms with Gasteiger partial charge in [0.05, 0.1) is 25.9 Å². The first kappa shape index (κ1) is 9.77. The Labute approximate surface area is 83.0 Å². The number of hydrogen-bond donors (Lipinski definition) is 0. The van der Waals surface area contributed by atoms with E-state index in [0.29, 0.717) is 6.54 Å². The molecule has 2 fully saturated rings. The summed E-state index contributed by atoms with van der Waals surface area (Å²) in [6.07, 6.45) is 3.39. The van der Waals surface area contributed by atoms with E-state index in [1.54, 1.807) is 0 Å². The van der Waals surface area contributed by atoms with Crippen LogP contribution in [0.2, 0.25) is 0 Å². The SMILES string of the molecule is [N-]=[N+]=NC[C@H]1C[C@]2(CCCOC2)CO1. The van der Waals surface area contributed by atoms with Gasteiger partial charge in [-0.05, 0) is 24.8 Å². The minimum Gasteiger partial charge on any atom is -0.381 e. The molecule has 0 aromatic carbocycles. The van der Waals surface area contributed by atoms with E-state index in [9.17, 15) is 0 Å². The van der Waals surface area contributed by atoms with E-state index < -0.39 is 0 Å². The smallest absolute Gasteiger partial charge is 0.0638 e. The summed E-state index contributed by atoms with van der Waals surface area (Å²) in [4.78, 5) is 2.75. The van der Waals surface area contributed by atoms with Crippen molar-refractivity contribution in [3.05, 3.63) is 10.4 Å². The van der Waals surface area contributed by atoms with Gasteiger partial charge < -0.3 is 9.47 Å². The number of ether oxygens (including phenoxy) is 2. The van der Waals surface area contributed by atoms with E-state index in [-0.39, 0.29) is 11.5 Å². The Bertz CT molecular complexity index is 244. The highest BCUT2D eigenvalue weighted by Gasteiger charge is 2.41. The normalized spacial score (nSPS) is 37.0. The summed E-state index contributed by atoms with van der Waals surface area (Å²) < 4.78 is 11.1. The van der Waals surface area contributed by atoms with Gasteiger partial charge >= 0.3 is 0 Å². The zero-order valence-electron chi connectivity index (χ0n) is 8.19. The van der Waals surface area contributed by atoms with Crippen LogP contribution in [0.5, 0.6) is 0 Å². The third-order valence-electron chi connectivity index (χ3n) is 3.04. The van der Waals surface area contributed by atoms with E-state index in [0.717, 1.165) is 32.7 Å². The zero-order valence-corrected chi connectivity index (χ0v) is 8.19. The third kappa shape index (κ3) is 2.00. The van der Waals surface area contributed by atoms with Crippen LogP contribution in [0.25, 0.3) is 10.4 Å². The Morgan fingerprint density at radius 1 is 1.50 bits per heavy atom. The molecule has 0 aromatic heterocycles. The van der Waals surface area contributed by atoms with Crippen molar-refractivity contribution in [1.82, 2.24) is 0 Å². The summed E-state index contributed by atoms with van der Waals surface area (Å²) in [5.74, 6) is 0. The number of nitrogens with zero attached hydrogens (tertiary/aromatic N) is 3. The molecule has 0 bridgehead atoms. The Hall–Kier alpha value is -0.770. The molecule has 2 rings (SSSR count). The lowest BCUT2D eigenvalue weighted by molar-refractivity contribution is -0.0135. The topological polar surface area (TPSA) is 67.2 Å². The molecule has 0 radical (unpaired) electrons. The van der Waals surface area contributed by atoms with Crippen LogP contribution < -0.4 is 0 Å². The predicted molar refractivity (Wildman–Crippen MR) is 50.9 cm³/mol. The molecule has 0 saturated carbocycles. The second-order valence-corrected chi connectivity index (χ2v) is 4.21. The molecule has 14 heavy (non-hydrogen) atoms. The third-order valence-corrected chi connectivity index (χ3v) is 3.04. The van der Waals surface area contributed by atoms with Crippen LogP contribution in [-0.2, 0) is 9.47 Å². The molecule has 0 unspecified atom stereocenters. The molecule has 0 N–H and O–H groups in total.